The number of aromatic hydroxyl groups is 1. The molecule has 2 rings (SSSR count). The third-order valence-electron chi connectivity index (χ3n) is 3.39. The molecule has 6 nitrogen and oxygen atoms in total. The Morgan fingerprint density at radius 3 is 2.13 bits per heavy atom. The van der Waals surface area contributed by atoms with Crippen LogP contribution in [-0.4, -0.2) is 33.5 Å². The molecule has 0 aliphatic carbocycles. The van der Waals surface area contributed by atoms with E-state index in [0.717, 1.165) is 11.3 Å². The molecule has 0 fully saturated rings. The van der Waals surface area contributed by atoms with Crippen molar-refractivity contribution in [3.8, 4) is 28.7 Å². The second kappa shape index (κ2) is 7.49. The van der Waals surface area contributed by atoms with E-state index in [1.54, 1.807) is 46.6 Å². The Kier molecular flexibility index (Phi) is 5.41. The number of benzene rings is 2. The molecule has 6 heteroatoms. The molecule has 0 aromatic heterocycles. The first kappa shape index (κ1) is 16.6. The summed E-state index contributed by atoms with van der Waals surface area (Å²) in [5, 5.41) is 12.7. The van der Waals surface area contributed by atoms with Crippen LogP contribution in [0.25, 0.3) is 0 Å². The van der Waals surface area contributed by atoms with E-state index in [1.165, 1.54) is 0 Å². The predicted molar refractivity (Wildman–Crippen MR) is 88.1 cm³/mol. The lowest BCUT2D eigenvalue weighted by molar-refractivity contribution is 0.304. The number of nitrogens with one attached hydrogen (secondary N) is 1. The van der Waals surface area contributed by atoms with Gasteiger partial charge in [0, 0.05) is 23.9 Å². The average Bonchev–Trinajstić information content (AvgIpc) is 2.58. The number of anilines is 1. The molecule has 0 atom stereocenters. The third-order valence-corrected chi connectivity index (χ3v) is 3.39. The van der Waals surface area contributed by atoms with Gasteiger partial charge in [-0.2, -0.15) is 0 Å². The van der Waals surface area contributed by atoms with E-state index in [2.05, 4.69) is 5.32 Å². The maximum atomic E-state index is 9.52. The van der Waals surface area contributed by atoms with Crippen LogP contribution >= 0.6 is 0 Å². The third kappa shape index (κ3) is 3.53. The second-order valence-corrected chi connectivity index (χ2v) is 4.74. The minimum atomic E-state index is 0.201. The Labute approximate surface area is 135 Å². The summed E-state index contributed by atoms with van der Waals surface area (Å²) in [5.74, 6) is 2.28. The standard InChI is InChI=1S/C17H21NO5/c1-20-14-8-11(10-18-12-6-5-7-13(19)9-12)15(21-2)17(23-4)16(14)22-3/h5-9,18-19H,10H2,1-4H3. The van der Waals surface area contributed by atoms with Crippen molar-refractivity contribution in [1.29, 1.82) is 0 Å². The summed E-state index contributed by atoms with van der Waals surface area (Å²) >= 11 is 0. The SMILES string of the molecule is COc1cc(CNc2cccc(O)c2)c(OC)c(OC)c1OC. The molecule has 2 N–H and O–H groups in total. The highest BCUT2D eigenvalue weighted by Crippen LogP contribution is 2.46. The van der Waals surface area contributed by atoms with Gasteiger partial charge in [0.25, 0.3) is 0 Å². The quantitative estimate of drug-likeness (QED) is 0.817. The monoisotopic (exact) mass is 319 g/mol. The molecule has 0 amide bonds. The van der Waals surface area contributed by atoms with E-state index >= 15 is 0 Å². The number of methoxy groups -OCH3 is 4. The van der Waals surface area contributed by atoms with Gasteiger partial charge in [0.05, 0.1) is 28.4 Å². The Balaban J connectivity index is 2.37. The first-order valence-corrected chi connectivity index (χ1v) is 7.03. The molecule has 23 heavy (non-hydrogen) atoms. The van der Waals surface area contributed by atoms with E-state index in [4.69, 9.17) is 18.9 Å². The highest BCUT2D eigenvalue weighted by molar-refractivity contribution is 5.63. The molecule has 0 aliphatic heterocycles. The van der Waals surface area contributed by atoms with E-state index in [-0.39, 0.29) is 5.75 Å². The van der Waals surface area contributed by atoms with Crippen LogP contribution in [0.5, 0.6) is 28.7 Å². The second-order valence-electron chi connectivity index (χ2n) is 4.74. The number of hydrogen-bond acceptors (Lipinski definition) is 6. The summed E-state index contributed by atoms with van der Waals surface area (Å²) in [7, 11) is 6.23. The van der Waals surface area contributed by atoms with Gasteiger partial charge in [-0.15, -0.1) is 0 Å². The molecule has 2 aromatic rings. The summed E-state index contributed by atoms with van der Waals surface area (Å²) in [5.41, 5.74) is 1.63. The fourth-order valence-corrected chi connectivity index (χ4v) is 2.35. The number of hydrogen-bond donors (Lipinski definition) is 2. The zero-order chi connectivity index (χ0) is 16.8. The Hall–Kier alpha value is -2.76. The summed E-state index contributed by atoms with van der Waals surface area (Å²) < 4.78 is 21.6. The zero-order valence-electron chi connectivity index (χ0n) is 13.7. The highest BCUT2D eigenvalue weighted by Gasteiger charge is 2.21. The van der Waals surface area contributed by atoms with Crippen LogP contribution in [0.3, 0.4) is 0 Å². The maximum Gasteiger partial charge on any atom is 0.207 e. The normalized spacial score (nSPS) is 10.1. The zero-order valence-corrected chi connectivity index (χ0v) is 13.7. The Morgan fingerprint density at radius 1 is 0.870 bits per heavy atom. The molecule has 0 unspecified atom stereocenters. The van der Waals surface area contributed by atoms with E-state index in [0.29, 0.717) is 29.5 Å². The van der Waals surface area contributed by atoms with E-state index in [1.807, 2.05) is 12.1 Å². The number of phenolic OH excluding ortho intramolecular Hbond substituents is 1. The summed E-state index contributed by atoms with van der Waals surface area (Å²) in [4.78, 5) is 0. The van der Waals surface area contributed by atoms with Crippen LogP contribution in [0.4, 0.5) is 5.69 Å². The summed E-state index contributed by atoms with van der Waals surface area (Å²) in [6.07, 6.45) is 0. The van der Waals surface area contributed by atoms with Gasteiger partial charge in [-0.1, -0.05) is 6.07 Å². The van der Waals surface area contributed by atoms with Gasteiger partial charge in [0.15, 0.2) is 11.5 Å². The fourth-order valence-electron chi connectivity index (χ4n) is 2.35. The molecule has 0 saturated carbocycles. The van der Waals surface area contributed by atoms with Crippen LogP contribution in [-0.2, 0) is 6.54 Å². The molecule has 0 bridgehead atoms. The first-order chi connectivity index (χ1) is 11.1. The van der Waals surface area contributed by atoms with Crippen molar-refractivity contribution >= 4 is 5.69 Å². The number of phenols is 1. The lowest BCUT2D eigenvalue weighted by Crippen LogP contribution is -2.05. The van der Waals surface area contributed by atoms with Crippen molar-refractivity contribution in [2.24, 2.45) is 0 Å². The maximum absolute atomic E-state index is 9.52. The van der Waals surface area contributed by atoms with Gasteiger partial charge in [-0.25, -0.2) is 0 Å². The van der Waals surface area contributed by atoms with Crippen molar-refractivity contribution in [3.05, 3.63) is 35.9 Å². The topological polar surface area (TPSA) is 69.2 Å². The van der Waals surface area contributed by atoms with Gasteiger partial charge in [0.2, 0.25) is 11.5 Å². The Morgan fingerprint density at radius 2 is 1.57 bits per heavy atom. The minimum Gasteiger partial charge on any atom is -0.508 e. The van der Waals surface area contributed by atoms with Crippen LogP contribution in [0.1, 0.15) is 5.56 Å². The average molecular weight is 319 g/mol. The molecule has 0 saturated heterocycles. The van der Waals surface area contributed by atoms with Gasteiger partial charge in [0.1, 0.15) is 5.75 Å². The van der Waals surface area contributed by atoms with Crippen molar-refractivity contribution in [2.75, 3.05) is 33.8 Å². The highest BCUT2D eigenvalue weighted by atomic mass is 16.5. The molecule has 0 heterocycles. The van der Waals surface area contributed by atoms with Crippen molar-refractivity contribution in [2.45, 2.75) is 6.54 Å². The number of ether oxygens (including phenoxy) is 4. The summed E-state index contributed by atoms with van der Waals surface area (Å²) in [6, 6.07) is 8.72. The van der Waals surface area contributed by atoms with Crippen molar-refractivity contribution < 1.29 is 24.1 Å². The molecular formula is C17H21NO5. The van der Waals surface area contributed by atoms with Gasteiger partial charge >= 0.3 is 0 Å². The van der Waals surface area contributed by atoms with Crippen LogP contribution in [0.2, 0.25) is 0 Å². The minimum absolute atomic E-state index is 0.201. The van der Waals surface area contributed by atoms with Gasteiger partial charge < -0.3 is 29.4 Å². The summed E-state index contributed by atoms with van der Waals surface area (Å²) in [6.45, 7) is 0.462. The first-order valence-electron chi connectivity index (χ1n) is 7.03. The van der Waals surface area contributed by atoms with Gasteiger partial charge in [-0.05, 0) is 18.2 Å². The lowest BCUT2D eigenvalue weighted by atomic mass is 10.1. The number of rotatable bonds is 7. The largest absolute Gasteiger partial charge is 0.508 e. The van der Waals surface area contributed by atoms with E-state index < -0.39 is 0 Å². The smallest absolute Gasteiger partial charge is 0.207 e. The predicted octanol–water partition coefficient (Wildman–Crippen LogP) is 3.04. The lowest BCUT2D eigenvalue weighted by Gasteiger charge is -2.19. The van der Waals surface area contributed by atoms with Crippen molar-refractivity contribution in [1.82, 2.24) is 0 Å². The fraction of sp³-hybridized carbons (Fsp3) is 0.294. The van der Waals surface area contributed by atoms with Gasteiger partial charge in [-0.3, -0.25) is 0 Å². The van der Waals surface area contributed by atoms with Crippen LogP contribution < -0.4 is 24.3 Å². The molecule has 0 aliphatic rings. The van der Waals surface area contributed by atoms with Crippen LogP contribution in [0.15, 0.2) is 30.3 Å². The molecule has 0 radical (unpaired) electrons. The molecule has 124 valence electrons. The van der Waals surface area contributed by atoms with Crippen molar-refractivity contribution in [3.63, 3.8) is 0 Å². The van der Waals surface area contributed by atoms with Crippen LogP contribution in [0, 0.1) is 0 Å². The Bertz CT molecular complexity index is 672. The van der Waals surface area contributed by atoms with E-state index in [9.17, 15) is 5.11 Å². The molecular weight excluding hydrogens is 298 g/mol. The molecule has 2 aromatic carbocycles. The molecule has 0 spiro atoms.